The smallest absolute Gasteiger partial charge is 0.280 e. The van der Waals surface area contributed by atoms with E-state index in [9.17, 15) is 4.79 Å². The minimum absolute atomic E-state index is 0.256. The third kappa shape index (κ3) is 3.15. The monoisotopic (exact) mass is 321 g/mol. The molecule has 0 saturated heterocycles. The molecule has 0 radical (unpaired) electrons. The average molecular weight is 321 g/mol. The summed E-state index contributed by atoms with van der Waals surface area (Å²) in [4.78, 5) is 15.7. The summed E-state index contributed by atoms with van der Waals surface area (Å²) in [5, 5.41) is 0. The van der Waals surface area contributed by atoms with Gasteiger partial charge in [-0.15, -0.1) is 0 Å². The fourth-order valence-electron chi connectivity index (χ4n) is 2.74. The molecule has 5 heteroatoms. The number of benzene rings is 2. The lowest BCUT2D eigenvalue weighted by molar-refractivity contribution is 0.100. The number of aliphatic imine (C=N–C) groups is 1. The molecule has 0 bridgehead atoms. The van der Waals surface area contributed by atoms with Gasteiger partial charge >= 0.3 is 0 Å². The lowest BCUT2D eigenvalue weighted by Crippen LogP contribution is -2.29. The van der Waals surface area contributed by atoms with Crippen molar-refractivity contribution in [3.63, 3.8) is 0 Å². The summed E-state index contributed by atoms with van der Waals surface area (Å²) in [7, 11) is 0. The number of hydrogen-bond donors (Lipinski definition) is 2. The maximum Gasteiger partial charge on any atom is 0.280 e. The van der Waals surface area contributed by atoms with Crippen LogP contribution in [-0.2, 0) is 0 Å². The molecule has 1 amide bonds. The van der Waals surface area contributed by atoms with Gasteiger partial charge in [-0.25, -0.2) is 0 Å². The summed E-state index contributed by atoms with van der Waals surface area (Å²) in [6.07, 6.45) is 2.06. The van der Waals surface area contributed by atoms with E-state index in [0.717, 1.165) is 22.4 Å². The molecule has 5 nitrogen and oxygen atoms in total. The van der Waals surface area contributed by atoms with Gasteiger partial charge in [-0.3, -0.25) is 4.79 Å². The van der Waals surface area contributed by atoms with Crippen molar-refractivity contribution in [1.29, 1.82) is 0 Å². The fraction of sp³-hybridized carbons (Fsp3) is 0.158. The fourth-order valence-corrected chi connectivity index (χ4v) is 2.74. The van der Waals surface area contributed by atoms with E-state index in [-0.39, 0.29) is 5.96 Å². The van der Waals surface area contributed by atoms with Gasteiger partial charge in [-0.2, -0.15) is 4.99 Å². The van der Waals surface area contributed by atoms with Crippen molar-refractivity contribution in [3.05, 3.63) is 71.3 Å². The Morgan fingerprint density at radius 1 is 1.08 bits per heavy atom. The lowest BCUT2D eigenvalue weighted by atomic mass is 9.89. The van der Waals surface area contributed by atoms with E-state index in [1.54, 1.807) is 18.2 Å². The lowest BCUT2D eigenvalue weighted by Gasteiger charge is -2.31. The van der Waals surface area contributed by atoms with Crippen LogP contribution in [0.25, 0.3) is 5.57 Å². The third-order valence-electron chi connectivity index (χ3n) is 3.70. The first-order chi connectivity index (χ1) is 11.4. The average Bonchev–Trinajstić information content (AvgIpc) is 2.53. The number of nitrogens with two attached hydrogens (primary N) is 2. The van der Waals surface area contributed by atoms with Crippen LogP contribution >= 0.6 is 0 Å². The quantitative estimate of drug-likeness (QED) is 0.657. The van der Waals surface area contributed by atoms with Gasteiger partial charge in [-0.1, -0.05) is 30.3 Å². The summed E-state index contributed by atoms with van der Waals surface area (Å²) >= 11 is 0. The highest BCUT2D eigenvalue weighted by Crippen LogP contribution is 2.39. The number of nitrogens with zero attached hydrogens (tertiary/aromatic N) is 1. The van der Waals surface area contributed by atoms with Crippen LogP contribution in [0.15, 0.2) is 59.6 Å². The Morgan fingerprint density at radius 3 is 2.46 bits per heavy atom. The Bertz CT molecular complexity index is 848. The van der Waals surface area contributed by atoms with Crippen LogP contribution in [0.5, 0.6) is 5.75 Å². The van der Waals surface area contributed by atoms with E-state index in [4.69, 9.17) is 16.2 Å². The van der Waals surface area contributed by atoms with Gasteiger partial charge < -0.3 is 16.2 Å². The Labute approximate surface area is 140 Å². The maximum atomic E-state index is 12.1. The predicted molar refractivity (Wildman–Crippen MR) is 94.8 cm³/mol. The molecule has 2 aromatic rings. The summed E-state index contributed by atoms with van der Waals surface area (Å²) in [6.45, 7) is 3.99. The molecule has 1 aliphatic heterocycles. The second-order valence-electron chi connectivity index (χ2n) is 6.18. The Balaban J connectivity index is 2.13. The van der Waals surface area contributed by atoms with Crippen molar-refractivity contribution in [2.75, 3.05) is 0 Å². The molecule has 0 spiro atoms. The molecule has 2 aromatic carbocycles. The second-order valence-corrected chi connectivity index (χ2v) is 6.18. The molecular formula is C19H19N3O2. The summed E-state index contributed by atoms with van der Waals surface area (Å²) in [5.74, 6) is -0.00780. The first-order valence-corrected chi connectivity index (χ1v) is 7.61. The Hall–Kier alpha value is -3.08. The number of guanidine groups is 1. The van der Waals surface area contributed by atoms with Gasteiger partial charge in [0.05, 0.1) is 0 Å². The molecular weight excluding hydrogens is 302 g/mol. The molecule has 122 valence electrons. The highest BCUT2D eigenvalue weighted by atomic mass is 16.5. The molecule has 1 aliphatic rings. The minimum Gasteiger partial charge on any atom is -0.483 e. The number of rotatable bonds is 2. The van der Waals surface area contributed by atoms with Crippen LogP contribution in [0.3, 0.4) is 0 Å². The van der Waals surface area contributed by atoms with E-state index >= 15 is 0 Å². The van der Waals surface area contributed by atoms with Gasteiger partial charge in [0, 0.05) is 11.1 Å². The molecule has 24 heavy (non-hydrogen) atoms. The molecule has 0 saturated carbocycles. The predicted octanol–water partition coefficient (Wildman–Crippen LogP) is 2.70. The van der Waals surface area contributed by atoms with Crippen LogP contribution in [0.4, 0.5) is 0 Å². The maximum absolute atomic E-state index is 12.1. The van der Waals surface area contributed by atoms with Crippen molar-refractivity contribution in [3.8, 4) is 5.75 Å². The zero-order valence-electron chi connectivity index (χ0n) is 13.6. The van der Waals surface area contributed by atoms with Crippen molar-refractivity contribution < 1.29 is 9.53 Å². The zero-order chi connectivity index (χ0) is 17.3. The number of fused-ring (bicyclic) bond motifs is 1. The molecule has 0 aromatic heterocycles. The molecule has 1 heterocycles. The van der Waals surface area contributed by atoms with E-state index < -0.39 is 11.5 Å². The standard InChI is InChI=1S/C19H19N3O2/c1-19(2)11-15(12-6-4-3-5-7-12)14-10-13(8-9-16(14)24-19)17(23)22-18(20)21/h3-11H,1-2H3,(H4,20,21,22,23). The summed E-state index contributed by atoms with van der Waals surface area (Å²) < 4.78 is 6.01. The van der Waals surface area contributed by atoms with Gasteiger partial charge in [0.15, 0.2) is 5.96 Å². The van der Waals surface area contributed by atoms with Crippen molar-refractivity contribution in [2.24, 2.45) is 16.5 Å². The van der Waals surface area contributed by atoms with Crippen LogP contribution in [-0.4, -0.2) is 17.5 Å². The van der Waals surface area contributed by atoms with Crippen LogP contribution in [0.1, 0.15) is 35.3 Å². The van der Waals surface area contributed by atoms with Gasteiger partial charge in [0.1, 0.15) is 11.4 Å². The first kappa shape index (κ1) is 15.8. The molecule has 0 aliphatic carbocycles. The number of carbonyl (C=O) groups is 1. The third-order valence-corrected chi connectivity index (χ3v) is 3.70. The Morgan fingerprint density at radius 2 is 1.79 bits per heavy atom. The van der Waals surface area contributed by atoms with Crippen LogP contribution in [0, 0.1) is 0 Å². The van der Waals surface area contributed by atoms with E-state index in [1.807, 2.05) is 44.2 Å². The second kappa shape index (κ2) is 5.85. The molecule has 0 atom stereocenters. The van der Waals surface area contributed by atoms with E-state index in [1.165, 1.54) is 0 Å². The first-order valence-electron chi connectivity index (χ1n) is 7.61. The normalized spacial score (nSPS) is 14.8. The van der Waals surface area contributed by atoms with Crippen molar-refractivity contribution in [1.82, 2.24) is 0 Å². The Kier molecular flexibility index (Phi) is 3.85. The molecule has 0 fully saturated rings. The summed E-state index contributed by atoms with van der Waals surface area (Å²) in [5.41, 5.74) is 13.5. The minimum atomic E-state index is -0.477. The largest absolute Gasteiger partial charge is 0.483 e. The molecule has 3 rings (SSSR count). The van der Waals surface area contributed by atoms with Crippen LogP contribution in [0.2, 0.25) is 0 Å². The topological polar surface area (TPSA) is 90.7 Å². The van der Waals surface area contributed by atoms with Gasteiger partial charge in [0.2, 0.25) is 0 Å². The van der Waals surface area contributed by atoms with Crippen molar-refractivity contribution >= 4 is 17.4 Å². The number of ether oxygens (including phenoxy) is 1. The van der Waals surface area contributed by atoms with E-state index in [2.05, 4.69) is 11.1 Å². The zero-order valence-corrected chi connectivity index (χ0v) is 13.6. The summed E-state index contributed by atoms with van der Waals surface area (Å²) in [6, 6.07) is 15.2. The number of hydrogen-bond acceptors (Lipinski definition) is 2. The van der Waals surface area contributed by atoms with Crippen LogP contribution < -0.4 is 16.2 Å². The SMILES string of the molecule is CC1(C)C=C(c2ccccc2)c2cc(C(=O)N=C(N)N)ccc2O1. The van der Waals surface area contributed by atoms with Gasteiger partial charge in [-0.05, 0) is 49.3 Å². The highest BCUT2D eigenvalue weighted by Gasteiger charge is 2.27. The van der Waals surface area contributed by atoms with Crippen molar-refractivity contribution in [2.45, 2.75) is 19.4 Å². The number of carbonyl (C=O) groups excluding carboxylic acids is 1. The van der Waals surface area contributed by atoms with Gasteiger partial charge in [0.25, 0.3) is 5.91 Å². The number of amides is 1. The molecule has 0 unspecified atom stereocenters. The van der Waals surface area contributed by atoms with E-state index in [0.29, 0.717) is 5.56 Å². The molecule has 4 N–H and O–H groups in total. The highest BCUT2D eigenvalue weighted by molar-refractivity contribution is 6.03.